The number of amides is 1. The van der Waals surface area contributed by atoms with Gasteiger partial charge >= 0.3 is 0 Å². The van der Waals surface area contributed by atoms with Crippen molar-refractivity contribution in [1.82, 2.24) is 0 Å². The Morgan fingerprint density at radius 1 is 1.18 bits per heavy atom. The molecule has 3 aromatic rings. The van der Waals surface area contributed by atoms with E-state index < -0.39 is 23.5 Å². The summed E-state index contributed by atoms with van der Waals surface area (Å²) in [6.07, 6.45) is 0.805. The van der Waals surface area contributed by atoms with Gasteiger partial charge in [-0.1, -0.05) is 30.7 Å². The normalized spacial score (nSPS) is 17.6. The summed E-state index contributed by atoms with van der Waals surface area (Å²) in [7, 11) is 0. The highest BCUT2D eigenvalue weighted by atomic mass is 35.5. The second-order valence-corrected chi connectivity index (χ2v) is 8.00. The number of carbonyl (C=O) groups excluding carboxylic acids is 2. The van der Waals surface area contributed by atoms with E-state index in [2.05, 4.69) is 0 Å². The molecular formula is C25H21ClFNO5. The molecular weight excluding hydrogens is 449 g/mol. The molecule has 1 unspecified atom stereocenters. The molecule has 170 valence electrons. The summed E-state index contributed by atoms with van der Waals surface area (Å²) in [4.78, 5) is 27.3. The van der Waals surface area contributed by atoms with Crippen LogP contribution in [0.15, 0.2) is 64.6 Å². The summed E-state index contributed by atoms with van der Waals surface area (Å²) in [5, 5.41) is 11.0. The molecule has 6 nitrogen and oxygen atoms in total. The second-order valence-electron chi connectivity index (χ2n) is 7.59. The Balaban J connectivity index is 1.88. The van der Waals surface area contributed by atoms with E-state index >= 15 is 0 Å². The fraction of sp³-hybridized carbons (Fsp3) is 0.200. The number of benzene rings is 2. The standard InChI is InChI=1S/C25H21ClFNO5/c1-3-11-32-17-6-4-5-15(12-17)23(29)21-22(20-10-7-14(2)33-20)28(25(31)24(21)30)16-8-9-19(27)18(26)13-16/h4-10,12-13,22,29H,3,11H2,1-2H3/b23-21-. The van der Waals surface area contributed by atoms with Crippen LogP contribution in [0.1, 0.15) is 36.5 Å². The molecule has 0 radical (unpaired) electrons. The second kappa shape index (κ2) is 9.11. The molecule has 1 aromatic heterocycles. The first kappa shape index (κ1) is 22.6. The average molecular weight is 470 g/mol. The molecule has 1 atom stereocenters. The zero-order valence-corrected chi connectivity index (χ0v) is 18.7. The maximum atomic E-state index is 13.8. The van der Waals surface area contributed by atoms with Gasteiger partial charge in [-0.2, -0.15) is 0 Å². The predicted octanol–water partition coefficient (Wildman–Crippen LogP) is 5.80. The number of rotatable bonds is 6. The Morgan fingerprint density at radius 3 is 2.64 bits per heavy atom. The third kappa shape index (κ3) is 4.24. The van der Waals surface area contributed by atoms with Crippen LogP contribution in [-0.2, 0) is 9.59 Å². The lowest BCUT2D eigenvalue weighted by Gasteiger charge is -2.23. The average Bonchev–Trinajstić information content (AvgIpc) is 3.35. The third-order valence-electron chi connectivity index (χ3n) is 5.24. The van der Waals surface area contributed by atoms with E-state index in [-0.39, 0.29) is 27.8 Å². The molecule has 4 rings (SSSR count). The smallest absolute Gasteiger partial charge is 0.300 e. The molecule has 1 amide bonds. The van der Waals surface area contributed by atoms with Crippen LogP contribution in [0.5, 0.6) is 5.75 Å². The summed E-state index contributed by atoms with van der Waals surface area (Å²) in [5.74, 6) is -1.47. The lowest BCUT2D eigenvalue weighted by atomic mass is 9.99. The molecule has 0 spiro atoms. The van der Waals surface area contributed by atoms with Crippen LogP contribution in [0.25, 0.3) is 5.76 Å². The molecule has 1 fully saturated rings. The van der Waals surface area contributed by atoms with Crippen molar-refractivity contribution in [3.05, 3.63) is 88.1 Å². The van der Waals surface area contributed by atoms with E-state index in [1.165, 1.54) is 12.1 Å². The van der Waals surface area contributed by atoms with Crippen molar-refractivity contribution >= 4 is 34.7 Å². The number of Topliss-reactive ketones (excluding diaryl/α,β-unsaturated/α-hetero) is 1. The first-order chi connectivity index (χ1) is 15.8. The first-order valence-corrected chi connectivity index (χ1v) is 10.7. The lowest BCUT2D eigenvalue weighted by Crippen LogP contribution is -2.29. The van der Waals surface area contributed by atoms with Gasteiger partial charge in [0.15, 0.2) is 0 Å². The van der Waals surface area contributed by atoms with Crippen molar-refractivity contribution in [3.63, 3.8) is 0 Å². The van der Waals surface area contributed by atoms with E-state index in [0.717, 1.165) is 17.4 Å². The van der Waals surface area contributed by atoms with Gasteiger partial charge in [-0.05, 0) is 55.8 Å². The molecule has 33 heavy (non-hydrogen) atoms. The van der Waals surface area contributed by atoms with Crippen LogP contribution < -0.4 is 9.64 Å². The first-order valence-electron chi connectivity index (χ1n) is 10.4. The van der Waals surface area contributed by atoms with Gasteiger partial charge in [-0.25, -0.2) is 4.39 Å². The van der Waals surface area contributed by atoms with Crippen LogP contribution in [0, 0.1) is 12.7 Å². The number of ether oxygens (including phenoxy) is 1. The Bertz CT molecular complexity index is 1270. The number of aliphatic hydroxyl groups excluding tert-OH is 1. The number of nitrogens with zero attached hydrogens (tertiary/aromatic N) is 1. The number of ketones is 1. The zero-order valence-electron chi connectivity index (χ0n) is 18.0. The van der Waals surface area contributed by atoms with Crippen molar-refractivity contribution in [2.45, 2.75) is 26.3 Å². The largest absolute Gasteiger partial charge is 0.507 e. The monoisotopic (exact) mass is 469 g/mol. The van der Waals surface area contributed by atoms with Gasteiger partial charge in [0.1, 0.15) is 34.9 Å². The zero-order chi connectivity index (χ0) is 23.7. The maximum absolute atomic E-state index is 13.8. The Labute approximate surface area is 194 Å². The van der Waals surface area contributed by atoms with Crippen molar-refractivity contribution in [2.75, 3.05) is 11.5 Å². The summed E-state index contributed by atoms with van der Waals surface area (Å²) >= 11 is 5.93. The van der Waals surface area contributed by atoms with Crippen molar-refractivity contribution in [1.29, 1.82) is 0 Å². The lowest BCUT2D eigenvalue weighted by molar-refractivity contribution is -0.132. The van der Waals surface area contributed by atoms with E-state index in [0.29, 0.717) is 23.7 Å². The number of hydrogen-bond donors (Lipinski definition) is 1. The Hall–Kier alpha value is -3.58. The van der Waals surface area contributed by atoms with E-state index in [4.69, 9.17) is 20.8 Å². The van der Waals surface area contributed by atoms with Gasteiger partial charge in [-0.3, -0.25) is 14.5 Å². The quantitative estimate of drug-likeness (QED) is 0.280. The van der Waals surface area contributed by atoms with Crippen molar-refractivity contribution in [3.8, 4) is 5.75 Å². The van der Waals surface area contributed by atoms with E-state index in [9.17, 15) is 19.1 Å². The molecule has 1 N–H and O–H groups in total. The van der Waals surface area contributed by atoms with Gasteiger partial charge in [-0.15, -0.1) is 0 Å². The summed E-state index contributed by atoms with van der Waals surface area (Å²) in [6.45, 7) is 4.18. The van der Waals surface area contributed by atoms with E-state index in [1.54, 1.807) is 43.3 Å². The van der Waals surface area contributed by atoms with Gasteiger partial charge in [0.2, 0.25) is 0 Å². The van der Waals surface area contributed by atoms with Crippen molar-refractivity contribution < 1.29 is 28.2 Å². The molecule has 0 saturated carbocycles. The molecule has 1 aliphatic rings. The number of carbonyl (C=O) groups is 2. The number of hydrogen-bond acceptors (Lipinski definition) is 5. The molecule has 2 heterocycles. The number of aryl methyl sites for hydroxylation is 1. The van der Waals surface area contributed by atoms with Gasteiger partial charge in [0, 0.05) is 11.3 Å². The van der Waals surface area contributed by atoms with Gasteiger partial charge < -0.3 is 14.3 Å². The fourth-order valence-electron chi connectivity index (χ4n) is 3.71. The van der Waals surface area contributed by atoms with Gasteiger partial charge in [0.05, 0.1) is 17.2 Å². The SMILES string of the molecule is CCCOc1cccc(/C(O)=C2/C(=O)C(=O)N(c3ccc(F)c(Cl)c3)C2c2ccc(C)o2)c1. The highest BCUT2D eigenvalue weighted by Crippen LogP contribution is 2.43. The van der Waals surface area contributed by atoms with Crippen LogP contribution >= 0.6 is 11.6 Å². The highest BCUT2D eigenvalue weighted by molar-refractivity contribution is 6.51. The minimum absolute atomic E-state index is 0.151. The number of aliphatic hydroxyl groups is 1. The number of halogens is 2. The highest BCUT2D eigenvalue weighted by Gasteiger charge is 2.48. The minimum atomic E-state index is -1.07. The molecule has 2 aromatic carbocycles. The van der Waals surface area contributed by atoms with Crippen LogP contribution in [0.4, 0.5) is 10.1 Å². The molecule has 1 saturated heterocycles. The van der Waals surface area contributed by atoms with E-state index in [1.807, 2.05) is 6.92 Å². The van der Waals surface area contributed by atoms with Crippen LogP contribution in [0.3, 0.4) is 0 Å². The molecule has 0 bridgehead atoms. The summed E-state index contributed by atoms with van der Waals surface area (Å²) < 4.78 is 25.1. The third-order valence-corrected chi connectivity index (χ3v) is 5.53. The molecule has 1 aliphatic heterocycles. The van der Waals surface area contributed by atoms with Crippen molar-refractivity contribution in [2.24, 2.45) is 0 Å². The Morgan fingerprint density at radius 2 is 1.97 bits per heavy atom. The number of anilines is 1. The van der Waals surface area contributed by atoms with Crippen LogP contribution in [-0.4, -0.2) is 23.4 Å². The molecule has 0 aliphatic carbocycles. The van der Waals surface area contributed by atoms with Crippen LogP contribution in [0.2, 0.25) is 5.02 Å². The number of furan rings is 1. The molecule has 8 heteroatoms. The maximum Gasteiger partial charge on any atom is 0.300 e. The minimum Gasteiger partial charge on any atom is -0.507 e. The summed E-state index contributed by atoms with van der Waals surface area (Å²) in [6, 6.07) is 12.6. The predicted molar refractivity (Wildman–Crippen MR) is 122 cm³/mol. The van der Waals surface area contributed by atoms with Gasteiger partial charge in [0.25, 0.3) is 11.7 Å². The Kier molecular flexibility index (Phi) is 6.24. The summed E-state index contributed by atoms with van der Waals surface area (Å²) in [5.41, 5.74) is 0.357. The topological polar surface area (TPSA) is 80.0 Å². The fourth-order valence-corrected chi connectivity index (χ4v) is 3.89.